The predicted molar refractivity (Wildman–Crippen MR) is 104 cm³/mol. The predicted octanol–water partition coefficient (Wildman–Crippen LogP) is 2.21. The molecule has 5 heterocycles. The van der Waals surface area contributed by atoms with E-state index < -0.39 is 0 Å². The van der Waals surface area contributed by atoms with Gasteiger partial charge in [0.2, 0.25) is 5.91 Å². The maximum atomic E-state index is 13.1. The number of amides is 1. The molecule has 7 nitrogen and oxygen atoms in total. The van der Waals surface area contributed by atoms with Crippen molar-refractivity contribution in [3.8, 4) is 0 Å². The minimum Gasteiger partial charge on any atom is -0.355 e. The van der Waals surface area contributed by atoms with Crippen LogP contribution in [0.2, 0.25) is 0 Å². The molecular formula is C19H22N6OS. The van der Waals surface area contributed by atoms with Crippen LogP contribution in [0.3, 0.4) is 0 Å². The Hall–Kier alpha value is -2.48. The third-order valence-electron chi connectivity index (χ3n) is 5.83. The normalized spacial score (nSPS) is 19.7. The Morgan fingerprint density at radius 3 is 3.07 bits per heavy atom. The van der Waals surface area contributed by atoms with E-state index in [1.807, 2.05) is 11.8 Å². The molecule has 8 heteroatoms. The lowest BCUT2D eigenvalue weighted by Crippen LogP contribution is -2.40. The first-order chi connectivity index (χ1) is 13.1. The van der Waals surface area contributed by atoms with Gasteiger partial charge < -0.3 is 9.80 Å². The number of thiophene rings is 1. The zero-order valence-electron chi connectivity index (χ0n) is 15.6. The summed E-state index contributed by atoms with van der Waals surface area (Å²) in [6, 6.07) is 2.16. The van der Waals surface area contributed by atoms with Gasteiger partial charge in [0.15, 0.2) is 0 Å². The second kappa shape index (κ2) is 6.30. The SMILES string of the molecule is Cc1nc2ncnn2c(N2CCC(C(=O)N3CCc4sccc4C3)C2)c1C. The molecule has 2 aliphatic rings. The minimum absolute atomic E-state index is 0.0385. The van der Waals surface area contributed by atoms with E-state index in [0.29, 0.717) is 5.78 Å². The number of carbonyl (C=O) groups excluding carboxylic acids is 1. The summed E-state index contributed by atoms with van der Waals surface area (Å²) in [6.45, 7) is 7.24. The maximum absolute atomic E-state index is 13.1. The van der Waals surface area contributed by atoms with E-state index >= 15 is 0 Å². The molecule has 5 rings (SSSR count). The van der Waals surface area contributed by atoms with Gasteiger partial charge in [-0.2, -0.15) is 14.6 Å². The Kier molecular flexibility index (Phi) is 3.89. The summed E-state index contributed by atoms with van der Waals surface area (Å²) in [4.78, 5) is 27.6. The van der Waals surface area contributed by atoms with Crippen LogP contribution >= 0.6 is 11.3 Å². The number of fused-ring (bicyclic) bond motifs is 2. The van der Waals surface area contributed by atoms with Crippen LogP contribution in [0.4, 0.5) is 5.82 Å². The van der Waals surface area contributed by atoms with Gasteiger partial charge in [0.05, 0.1) is 5.92 Å². The maximum Gasteiger partial charge on any atom is 0.254 e. The lowest BCUT2D eigenvalue weighted by atomic mass is 10.0. The van der Waals surface area contributed by atoms with Crippen molar-refractivity contribution in [1.29, 1.82) is 0 Å². The molecule has 0 spiro atoms. The quantitative estimate of drug-likeness (QED) is 0.680. The fourth-order valence-electron chi connectivity index (χ4n) is 4.24. The van der Waals surface area contributed by atoms with Gasteiger partial charge in [-0.25, -0.2) is 4.98 Å². The van der Waals surface area contributed by atoms with E-state index in [9.17, 15) is 4.79 Å². The highest BCUT2D eigenvalue weighted by Gasteiger charge is 2.34. The summed E-state index contributed by atoms with van der Waals surface area (Å²) in [5.74, 6) is 1.96. The molecule has 0 aromatic carbocycles. The molecule has 3 aromatic rings. The Labute approximate surface area is 161 Å². The molecule has 3 aromatic heterocycles. The zero-order chi connectivity index (χ0) is 18.5. The van der Waals surface area contributed by atoms with Crippen molar-refractivity contribution in [2.45, 2.75) is 33.2 Å². The van der Waals surface area contributed by atoms with Crippen molar-refractivity contribution in [2.24, 2.45) is 5.92 Å². The number of aromatic nitrogens is 4. The van der Waals surface area contributed by atoms with Crippen molar-refractivity contribution in [3.05, 3.63) is 39.5 Å². The third kappa shape index (κ3) is 2.70. The standard InChI is InChI=1S/C19H22N6OS/c1-12-13(2)22-19-20-11-21-25(19)17(12)23-6-3-15(10-23)18(26)24-7-4-16-14(9-24)5-8-27-16/h5,8,11,15H,3-4,6-7,9-10H2,1-2H3. The van der Waals surface area contributed by atoms with Crippen molar-refractivity contribution >= 4 is 28.8 Å². The van der Waals surface area contributed by atoms with E-state index in [0.717, 1.165) is 56.1 Å². The second-order valence-corrected chi connectivity index (χ2v) is 8.43. The molecule has 0 aliphatic carbocycles. The van der Waals surface area contributed by atoms with Crippen LogP contribution in [0, 0.1) is 19.8 Å². The van der Waals surface area contributed by atoms with Crippen molar-refractivity contribution in [3.63, 3.8) is 0 Å². The summed E-state index contributed by atoms with van der Waals surface area (Å²) < 4.78 is 1.80. The fourth-order valence-corrected chi connectivity index (χ4v) is 5.13. The van der Waals surface area contributed by atoms with E-state index in [2.05, 4.69) is 38.3 Å². The Morgan fingerprint density at radius 2 is 2.19 bits per heavy atom. The number of nitrogens with zero attached hydrogens (tertiary/aromatic N) is 6. The first-order valence-corrected chi connectivity index (χ1v) is 10.3. The van der Waals surface area contributed by atoms with Crippen LogP contribution in [0.15, 0.2) is 17.8 Å². The monoisotopic (exact) mass is 382 g/mol. The van der Waals surface area contributed by atoms with Crippen molar-refractivity contribution < 1.29 is 4.79 Å². The second-order valence-electron chi connectivity index (χ2n) is 7.43. The molecule has 1 atom stereocenters. The molecule has 0 bridgehead atoms. The van der Waals surface area contributed by atoms with Crippen LogP contribution in [-0.2, 0) is 17.8 Å². The van der Waals surface area contributed by atoms with Crippen molar-refractivity contribution in [1.82, 2.24) is 24.5 Å². The summed E-state index contributed by atoms with van der Waals surface area (Å²) >= 11 is 1.81. The van der Waals surface area contributed by atoms with Gasteiger partial charge in [0.25, 0.3) is 5.78 Å². The number of hydrogen-bond donors (Lipinski definition) is 0. The smallest absolute Gasteiger partial charge is 0.254 e. The highest BCUT2D eigenvalue weighted by Crippen LogP contribution is 2.31. The number of aryl methyl sites for hydroxylation is 1. The summed E-state index contributed by atoms with van der Waals surface area (Å²) in [7, 11) is 0. The van der Waals surface area contributed by atoms with Gasteiger partial charge in [-0.05, 0) is 43.7 Å². The highest BCUT2D eigenvalue weighted by atomic mass is 32.1. The van der Waals surface area contributed by atoms with Gasteiger partial charge in [0.1, 0.15) is 12.1 Å². The molecule has 0 N–H and O–H groups in total. The Morgan fingerprint density at radius 1 is 1.30 bits per heavy atom. The van der Waals surface area contributed by atoms with Crippen LogP contribution in [0.1, 0.15) is 28.1 Å². The summed E-state index contributed by atoms with van der Waals surface area (Å²) in [5.41, 5.74) is 3.38. The van der Waals surface area contributed by atoms with Gasteiger partial charge in [-0.3, -0.25) is 4.79 Å². The van der Waals surface area contributed by atoms with Crippen LogP contribution in [-0.4, -0.2) is 50.0 Å². The largest absolute Gasteiger partial charge is 0.355 e. The molecular weight excluding hydrogens is 360 g/mol. The molecule has 0 radical (unpaired) electrons. The Bertz CT molecular complexity index is 1020. The molecule has 2 aliphatic heterocycles. The first-order valence-electron chi connectivity index (χ1n) is 9.37. The topological polar surface area (TPSA) is 66.6 Å². The molecule has 1 saturated heterocycles. The van der Waals surface area contributed by atoms with Crippen LogP contribution in [0.5, 0.6) is 0 Å². The van der Waals surface area contributed by atoms with E-state index in [1.54, 1.807) is 15.9 Å². The Balaban J connectivity index is 1.37. The zero-order valence-corrected chi connectivity index (χ0v) is 16.4. The van der Waals surface area contributed by atoms with E-state index in [1.165, 1.54) is 16.8 Å². The first kappa shape index (κ1) is 16.7. The van der Waals surface area contributed by atoms with Gasteiger partial charge in [-0.15, -0.1) is 11.3 Å². The lowest BCUT2D eigenvalue weighted by molar-refractivity contribution is -0.135. The third-order valence-corrected chi connectivity index (χ3v) is 6.86. The molecule has 1 fully saturated rings. The van der Waals surface area contributed by atoms with E-state index in [-0.39, 0.29) is 11.8 Å². The summed E-state index contributed by atoms with van der Waals surface area (Å²) in [5, 5.41) is 6.48. The van der Waals surface area contributed by atoms with Gasteiger partial charge >= 0.3 is 0 Å². The highest BCUT2D eigenvalue weighted by molar-refractivity contribution is 7.10. The van der Waals surface area contributed by atoms with Crippen LogP contribution in [0.25, 0.3) is 5.78 Å². The molecule has 140 valence electrons. The van der Waals surface area contributed by atoms with E-state index in [4.69, 9.17) is 0 Å². The molecule has 27 heavy (non-hydrogen) atoms. The summed E-state index contributed by atoms with van der Waals surface area (Å²) in [6.07, 6.45) is 3.40. The average molecular weight is 382 g/mol. The lowest BCUT2D eigenvalue weighted by Gasteiger charge is -2.29. The fraction of sp³-hybridized carbons (Fsp3) is 0.474. The minimum atomic E-state index is 0.0385. The number of hydrogen-bond acceptors (Lipinski definition) is 6. The van der Waals surface area contributed by atoms with Crippen LogP contribution < -0.4 is 4.90 Å². The number of rotatable bonds is 2. The molecule has 1 unspecified atom stereocenters. The van der Waals surface area contributed by atoms with Crippen molar-refractivity contribution in [2.75, 3.05) is 24.5 Å². The number of anilines is 1. The van der Waals surface area contributed by atoms with Gasteiger partial charge in [0, 0.05) is 42.3 Å². The molecule has 0 saturated carbocycles. The average Bonchev–Trinajstić information content (AvgIpc) is 3.41. The van der Waals surface area contributed by atoms with Gasteiger partial charge in [-0.1, -0.05) is 0 Å². The molecule has 1 amide bonds. The number of carbonyl (C=O) groups is 1.